The SMILES string of the molecule is Cc1cc(C)c(NC(=O)CN2CCC3CCCCC3C2)c(C)c1. The molecule has 2 atom stereocenters. The average molecular weight is 314 g/mol. The van der Waals surface area contributed by atoms with E-state index in [1.807, 2.05) is 0 Å². The minimum Gasteiger partial charge on any atom is -0.324 e. The van der Waals surface area contributed by atoms with E-state index in [4.69, 9.17) is 0 Å². The van der Waals surface area contributed by atoms with E-state index in [1.54, 1.807) is 0 Å². The Morgan fingerprint density at radius 2 is 1.74 bits per heavy atom. The number of rotatable bonds is 3. The highest BCUT2D eigenvalue weighted by atomic mass is 16.2. The maximum Gasteiger partial charge on any atom is 0.238 e. The van der Waals surface area contributed by atoms with Gasteiger partial charge in [0.15, 0.2) is 0 Å². The number of likely N-dealkylation sites (tertiary alicyclic amines) is 1. The van der Waals surface area contributed by atoms with E-state index in [-0.39, 0.29) is 5.91 Å². The number of carbonyl (C=O) groups excluding carboxylic acids is 1. The third kappa shape index (κ3) is 3.95. The maximum absolute atomic E-state index is 12.5. The lowest BCUT2D eigenvalue weighted by Crippen LogP contribution is -2.44. The minimum atomic E-state index is 0.134. The number of hydrogen-bond acceptors (Lipinski definition) is 2. The molecule has 1 heterocycles. The molecule has 3 nitrogen and oxygen atoms in total. The molecule has 1 amide bonds. The molecule has 0 bridgehead atoms. The summed E-state index contributed by atoms with van der Waals surface area (Å²) in [5, 5.41) is 3.14. The molecular formula is C20H30N2O. The zero-order valence-electron chi connectivity index (χ0n) is 14.8. The second-order valence-electron chi connectivity index (χ2n) is 7.65. The first-order valence-electron chi connectivity index (χ1n) is 9.13. The Labute approximate surface area is 140 Å². The summed E-state index contributed by atoms with van der Waals surface area (Å²) in [6.45, 7) is 8.98. The molecule has 0 spiro atoms. The van der Waals surface area contributed by atoms with Crippen molar-refractivity contribution in [2.24, 2.45) is 11.8 Å². The van der Waals surface area contributed by atoms with Crippen molar-refractivity contribution in [1.29, 1.82) is 0 Å². The molecule has 2 unspecified atom stereocenters. The van der Waals surface area contributed by atoms with Gasteiger partial charge < -0.3 is 5.32 Å². The highest BCUT2D eigenvalue weighted by molar-refractivity contribution is 5.93. The fraction of sp³-hybridized carbons (Fsp3) is 0.650. The van der Waals surface area contributed by atoms with Crippen molar-refractivity contribution in [3.8, 4) is 0 Å². The molecule has 1 aliphatic carbocycles. The lowest BCUT2D eigenvalue weighted by Gasteiger charge is -2.41. The molecule has 2 fully saturated rings. The first-order chi connectivity index (χ1) is 11.0. The molecule has 0 radical (unpaired) electrons. The van der Waals surface area contributed by atoms with Gasteiger partial charge in [0.25, 0.3) is 0 Å². The Kier molecular flexibility index (Phi) is 5.05. The predicted molar refractivity (Wildman–Crippen MR) is 95.8 cm³/mol. The van der Waals surface area contributed by atoms with E-state index >= 15 is 0 Å². The second-order valence-corrected chi connectivity index (χ2v) is 7.65. The van der Waals surface area contributed by atoms with E-state index < -0.39 is 0 Å². The van der Waals surface area contributed by atoms with Gasteiger partial charge in [-0.05, 0) is 63.1 Å². The molecule has 23 heavy (non-hydrogen) atoms. The number of anilines is 1. The lowest BCUT2D eigenvalue weighted by molar-refractivity contribution is -0.118. The van der Waals surface area contributed by atoms with Crippen LogP contribution in [0.15, 0.2) is 12.1 Å². The summed E-state index contributed by atoms with van der Waals surface area (Å²) >= 11 is 0. The van der Waals surface area contributed by atoms with Crippen LogP contribution in [0.3, 0.4) is 0 Å². The average Bonchev–Trinajstić information content (AvgIpc) is 2.51. The van der Waals surface area contributed by atoms with Crippen molar-refractivity contribution >= 4 is 11.6 Å². The molecule has 1 aliphatic heterocycles. The maximum atomic E-state index is 12.5. The van der Waals surface area contributed by atoms with Gasteiger partial charge in [-0.15, -0.1) is 0 Å². The van der Waals surface area contributed by atoms with Crippen LogP contribution >= 0.6 is 0 Å². The van der Waals surface area contributed by atoms with Crippen LogP contribution in [-0.4, -0.2) is 30.4 Å². The van der Waals surface area contributed by atoms with Crippen LogP contribution in [0.2, 0.25) is 0 Å². The molecular weight excluding hydrogens is 284 g/mol. The van der Waals surface area contributed by atoms with Gasteiger partial charge in [0.2, 0.25) is 5.91 Å². The molecule has 3 rings (SSSR count). The van der Waals surface area contributed by atoms with Crippen molar-refractivity contribution < 1.29 is 4.79 Å². The second kappa shape index (κ2) is 7.04. The smallest absolute Gasteiger partial charge is 0.238 e. The van der Waals surface area contributed by atoms with Gasteiger partial charge in [0.1, 0.15) is 0 Å². The molecule has 2 aliphatic rings. The van der Waals surface area contributed by atoms with Gasteiger partial charge in [-0.25, -0.2) is 0 Å². The Bertz CT molecular complexity index is 558. The summed E-state index contributed by atoms with van der Waals surface area (Å²) in [5.74, 6) is 1.88. The van der Waals surface area contributed by atoms with E-state index in [2.05, 4.69) is 43.1 Å². The predicted octanol–water partition coefficient (Wildman–Crippen LogP) is 4.06. The van der Waals surface area contributed by atoms with Crippen molar-refractivity contribution in [3.63, 3.8) is 0 Å². The molecule has 1 saturated carbocycles. The highest BCUT2D eigenvalue weighted by Gasteiger charge is 2.31. The molecule has 1 saturated heterocycles. The normalized spacial score (nSPS) is 25.0. The zero-order valence-corrected chi connectivity index (χ0v) is 14.8. The van der Waals surface area contributed by atoms with Crippen LogP contribution in [-0.2, 0) is 4.79 Å². The molecule has 3 heteroatoms. The molecule has 1 N–H and O–H groups in total. The van der Waals surface area contributed by atoms with Gasteiger partial charge in [-0.1, -0.05) is 37.0 Å². The quantitative estimate of drug-likeness (QED) is 0.912. The largest absolute Gasteiger partial charge is 0.324 e. The van der Waals surface area contributed by atoms with Gasteiger partial charge in [-0.2, -0.15) is 0 Å². The zero-order chi connectivity index (χ0) is 16.4. The summed E-state index contributed by atoms with van der Waals surface area (Å²) in [7, 11) is 0. The highest BCUT2D eigenvalue weighted by Crippen LogP contribution is 2.35. The Morgan fingerprint density at radius 1 is 1.09 bits per heavy atom. The van der Waals surface area contributed by atoms with Gasteiger partial charge >= 0.3 is 0 Å². The van der Waals surface area contributed by atoms with Crippen molar-refractivity contribution in [3.05, 3.63) is 28.8 Å². The van der Waals surface area contributed by atoms with Crippen LogP contribution in [0.25, 0.3) is 0 Å². The number of piperidine rings is 1. The lowest BCUT2D eigenvalue weighted by atomic mass is 9.75. The van der Waals surface area contributed by atoms with E-state index in [0.717, 1.165) is 41.7 Å². The number of hydrogen-bond donors (Lipinski definition) is 1. The third-order valence-electron chi connectivity index (χ3n) is 5.68. The Balaban J connectivity index is 1.57. The van der Waals surface area contributed by atoms with E-state index in [1.165, 1.54) is 37.7 Å². The summed E-state index contributed by atoms with van der Waals surface area (Å²) in [5.41, 5.74) is 4.55. The minimum absolute atomic E-state index is 0.134. The number of benzene rings is 1. The van der Waals surface area contributed by atoms with Gasteiger partial charge in [0.05, 0.1) is 6.54 Å². The summed E-state index contributed by atoms with van der Waals surface area (Å²) in [6.07, 6.45) is 6.84. The van der Waals surface area contributed by atoms with Crippen LogP contribution in [0, 0.1) is 32.6 Å². The Hall–Kier alpha value is -1.35. The fourth-order valence-corrected chi connectivity index (χ4v) is 4.58. The summed E-state index contributed by atoms with van der Waals surface area (Å²) in [4.78, 5) is 14.8. The first kappa shape index (κ1) is 16.5. The number of nitrogens with zero attached hydrogens (tertiary/aromatic N) is 1. The van der Waals surface area contributed by atoms with E-state index in [9.17, 15) is 4.79 Å². The summed E-state index contributed by atoms with van der Waals surface area (Å²) in [6, 6.07) is 4.27. The number of amides is 1. The number of carbonyl (C=O) groups is 1. The fourth-order valence-electron chi connectivity index (χ4n) is 4.58. The van der Waals surface area contributed by atoms with Crippen molar-refractivity contribution in [2.75, 3.05) is 25.0 Å². The molecule has 0 aromatic heterocycles. The summed E-state index contributed by atoms with van der Waals surface area (Å²) < 4.78 is 0. The molecule has 1 aromatic carbocycles. The van der Waals surface area contributed by atoms with E-state index in [0.29, 0.717) is 6.54 Å². The molecule has 1 aromatic rings. The van der Waals surface area contributed by atoms with Crippen molar-refractivity contribution in [1.82, 2.24) is 4.90 Å². The van der Waals surface area contributed by atoms with Gasteiger partial charge in [0, 0.05) is 12.2 Å². The Morgan fingerprint density at radius 3 is 2.43 bits per heavy atom. The van der Waals surface area contributed by atoms with Crippen molar-refractivity contribution in [2.45, 2.75) is 52.9 Å². The number of fused-ring (bicyclic) bond motifs is 1. The van der Waals surface area contributed by atoms with Crippen LogP contribution < -0.4 is 5.32 Å². The topological polar surface area (TPSA) is 32.3 Å². The number of nitrogens with one attached hydrogen (secondary N) is 1. The standard InChI is InChI=1S/C20H30N2O/c1-14-10-15(2)20(16(3)11-14)21-19(23)13-22-9-8-17-6-4-5-7-18(17)12-22/h10-11,17-18H,4-9,12-13H2,1-3H3,(H,21,23). The van der Waals surface area contributed by atoms with Gasteiger partial charge in [-0.3, -0.25) is 9.69 Å². The monoisotopic (exact) mass is 314 g/mol. The van der Waals surface area contributed by atoms with Crippen LogP contribution in [0.4, 0.5) is 5.69 Å². The number of aryl methyl sites for hydroxylation is 3. The van der Waals surface area contributed by atoms with Crippen LogP contribution in [0.1, 0.15) is 48.8 Å². The molecule has 126 valence electrons. The first-order valence-corrected chi connectivity index (χ1v) is 9.13. The van der Waals surface area contributed by atoms with Crippen LogP contribution in [0.5, 0.6) is 0 Å². The third-order valence-corrected chi connectivity index (χ3v) is 5.68.